The van der Waals surface area contributed by atoms with E-state index < -0.39 is 145 Å². The number of benzene rings is 4. The normalized spacial score (nSPS) is 16.7. The van der Waals surface area contributed by atoms with Gasteiger partial charge in [-0.15, -0.1) is 0 Å². The molecule has 0 saturated heterocycles. The first kappa shape index (κ1) is 84.6. The zero-order valence-electron chi connectivity index (χ0n) is 63.0. The smallest absolute Gasteiger partial charge is 0.303 e. The summed E-state index contributed by atoms with van der Waals surface area (Å²) >= 11 is 0. The second-order valence-electron chi connectivity index (χ2n) is 24.7. The number of rotatable bonds is 36. The number of unbranched alkanes of at least 4 members (excludes halogenated alkanes) is 4. The molecule has 0 unspecified atom stereocenters. The Morgan fingerprint density at radius 1 is 0.279 bits per heavy atom. The average molecular weight is 1460 g/mol. The van der Waals surface area contributed by atoms with Crippen molar-refractivity contribution in [2.75, 3.05) is 70.1 Å². The first-order valence-electron chi connectivity index (χ1n) is 34.1. The van der Waals surface area contributed by atoms with Crippen LogP contribution >= 0.6 is 0 Å². The molecule has 4 aromatic carbocycles. The molecular weight excluding hydrogens is 1360 g/mol. The van der Waals surface area contributed by atoms with E-state index in [0.717, 1.165) is 82.1 Å². The molecule has 8 bridgehead atoms. The molecule has 0 aliphatic heterocycles. The van der Waals surface area contributed by atoms with E-state index in [0.29, 0.717) is 47.9 Å². The van der Waals surface area contributed by atoms with Gasteiger partial charge in [0.2, 0.25) is 0 Å². The first-order chi connectivity index (χ1) is 49.4. The van der Waals surface area contributed by atoms with Crippen LogP contribution < -0.4 is 37.9 Å². The number of fused-ring (bicyclic) bond motifs is 8. The highest BCUT2D eigenvalue weighted by molar-refractivity contribution is 5.73. The van der Waals surface area contributed by atoms with E-state index in [1.54, 1.807) is 48.5 Å². The molecule has 28 heteroatoms. The average Bonchev–Trinajstić information content (AvgIpc) is 0.748. The lowest BCUT2D eigenvalue weighted by molar-refractivity contribution is -0.203. The van der Waals surface area contributed by atoms with Crippen LogP contribution in [0.2, 0.25) is 0 Å². The second-order valence-corrected chi connectivity index (χ2v) is 24.7. The van der Waals surface area contributed by atoms with Crippen LogP contribution in [0.4, 0.5) is 0 Å². The van der Waals surface area contributed by atoms with E-state index >= 15 is 0 Å². The van der Waals surface area contributed by atoms with Crippen molar-refractivity contribution in [2.45, 2.75) is 207 Å². The van der Waals surface area contributed by atoms with Gasteiger partial charge in [0.15, 0.2) is 48.8 Å². The summed E-state index contributed by atoms with van der Waals surface area (Å²) in [5.74, 6) is -13.3. The number of methoxy groups -OCH3 is 8. The maximum absolute atomic E-state index is 14.4. The van der Waals surface area contributed by atoms with Crippen LogP contribution in [-0.2, 0) is 95.3 Å². The molecule has 1 aliphatic carbocycles. The number of carbonyl (C=O) groups excluding carboxylic acids is 10. The van der Waals surface area contributed by atoms with E-state index in [1.807, 2.05) is 13.8 Å². The van der Waals surface area contributed by atoms with Crippen LogP contribution in [0.25, 0.3) is 0 Å². The molecule has 28 nitrogen and oxygen atoms in total. The Balaban J connectivity index is 2.36. The van der Waals surface area contributed by atoms with Crippen LogP contribution in [0.5, 0.6) is 46.0 Å². The van der Waals surface area contributed by atoms with Crippen molar-refractivity contribution in [3.8, 4) is 46.0 Å². The van der Waals surface area contributed by atoms with Gasteiger partial charge < -0.3 is 85.3 Å². The molecule has 0 N–H and O–H groups in total. The van der Waals surface area contributed by atoms with Gasteiger partial charge in [-0.3, -0.25) is 47.9 Å². The lowest BCUT2D eigenvalue weighted by atomic mass is 9.74. The SMILES string of the molecule is CCCCCC1c2cc(c(OC)cc2OC)C([C@H](OC(C)=O)[C@@H](OC(C)=O)[C@H](OC(C)=O)[C@@H](COC(C)=O)OC(C)=O)c2cc(c(OC)cc2OC)C(CCCCC)c2cc(c(OC)cc2OC)C([C@H](OC(C)=O)[C@@H](OC(C)=O)[C@H](OC(C)=O)[C@@H](COC(C)=O)OC(C)=O)c2cc1c(OC)cc2OC. The third-order valence-corrected chi connectivity index (χ3v) is 17.4. The highest BCUT2D eigenvalue weighted by Crippen LogP contribution is 2.55. The number of esters is 10. The first-order valence-corrected chi connectivity index (χ1v) is 34.1. The fourth-order valence-electron chi connectivity index (χ4n) is 13.4. The third kappa shape index (κ3) is 22.0. The molecule has 1 aliphatic rings. The molecule has 8 atom stereocenters. The Morgan fingerprint density at radius 3 is 0.702 bits per heavy atom. The van der Waals surface area contributed by atoms with Gasteiger partial charge >= 0.3 is 59.7 Å². The summed E-state index contributed by atoms with van der Waals surface area (Å²) in [6, 6.07) is 13.4. The molecule has 0 saturated carbocycles. The fourth-order valence-corrected chi connectivity index (χ4v) is 13.4. The van der Waals surface area contributed by atoms with Gasteiger partial charge in [-0.2, -0.15) is 0 Å². The minimum atomic E-state index is -2.00. The molecule has 104 heavy (non-hydrogen) atoms. The van der Waals surface area contributed by atoms with Crippen LogP contribution in [0.15, 0.2) is 48.5 Å². The van der Waals surface area contributed by atoms with E-state index in [1.165, 1.54) is 56.9 Å². The van der Waals surface area contributed by atoms with Gasteiger partial charge in [-0.1, -0.05) is 52.4 Å². The van der Waals surface area contributed by atoms with Crippen LogP contribution in [-0.4, -0.2) is 179 Å². The van der Waals surface area contributed by atoms with Gasteiger partial charge in [-0.25, -0.2) is 0 Å². The van der Waals surface area contributed by atoms with E-state index in [-0.39, 0.29) is 81.1 Å². The molecule has 5 rings (SSSR count). The van der Waals surface area contributed by atoms with E-state index in [9.17, 15) is 47.9 Å². The minimum Gasteiger partial charge on any atom is -0.496 e. The summed E-state index contributed by atoms with van der Waals surface area (Å²) in [5, 5.41) is 0. The van der Waals surface area contributed by atoms with Crippen molar-refractivity contribution in [1.82, 2.24) is 0 Å². The lowest BCUT2D eigenvalue weighted by Crippen LogP contribution is -2.54. The van der Waals surface area contributed by atoms with E-state index in [4.69, 9.17) is 85.3 Å². The van der Waals surface area contributed by atoms with Crippen LogP contribution in [0, 0.1) is 0 Å². The summed E-state index contributed by atoms with van der Waals surface area (Å²) in [4.78, 5) is 136. The molecule has 572 valence electrons. The largest absolute Gasteiger partial charge is 0.496 e. The van der Waals surface area contributed by atoms with Gasteiger partial charge in [0, 0.05) is 150 Å². The fraction of sp³-hybridized carbons (Fsp3) is 0.553. The summed E-state index contributed by atoms with van der Waals surface area (Å²) in [5.41, 5.74) is 2.26. The molecule has 0 amide bonds. The Morgan fingerprint density at radius 2 is 0.500 bits per heavy atom. The Hall–Kier alpha value is -10.0. The standard InChI is InChI=1S/C76H100O28/c1-21-23-25-27-49-51-29-55(63(91-17)33-59(51)87-13)69(73(101-45(9)83)75(103-47(11)85)71(99-43(7)81)67(97-41(5)79)37-95-39(3)77)57-31-53(61(89-15)35-65(57)93-19)50(28-26-24-22-2)54-32-58(66(94-20)36-62(54)90-16)70(56-30-52(49)60(88-14)34-64(56)92-18)74(102-46(10)84)76(104-48(12)86)72(100-44(8)82)68(98-42(6)80)38-96-40(4)78/h29-36,49-50,67-76H,21-28,37-38H2,1-20H3/t49?,50?,67-,68-,69?,70?,71-,72-,73+,74+,75+,76+/m1/s1. The third-order valence-electron chi connectivity index (χ3n) is 17.4. The number of hydrogen-bond donors (Lipinski definition) is 0. The number of ether oxygens (including phenoxy) is 18. The zero-order valence-corrected chi connectivity index (χ0v) is 63.0. The van der Waals surface area contributed by atoms with Crippen molar-refractivity contribution >= 4 is 59.7 Å². The maximum atomic E-state index is 14.4. The summed E-state index contributed by atoms with van der Waals surface area (Å²) in [6.07, 6.45) is -10.9. The number of hydrogen-bond acceptors (Lipinski definition) is 28. The van der Waals surface area contributed by atoms with Gasteiger partial charge in [0.05, 0.1) is 68.7 Å². The van der Waals surface area contributed by atoms with Gasteiger partial charge in [0.25, 0.3) is 0 Å². The quantitative estimate of drug-likeness (QED) is 0.0232. The molecule has 0 spiro atoms. The zero-order chi connectivity index (χ0) is 77.4. The molecule has 0 fully saturated rings. The van der Waals surface area contributed by atoms with E-state index in [2.05, 4.69) is 0 Å². The maximum Gasteiger partial charge on any atom is 0.303 e. The topological polar surface area (TPSA) is 337 Å². The highest BCUT2D eigenvalue weighted by Gasteiger charge is 2.52. The van der Waals surface area contributed by atoms with Crippen molar-refractivity contribution in [3.63, 3.8) is 0 Å². The summed E-state index contributed by atoms with van der Waals surface area (Å²) < 4.78 is 112. The van der Waals surface area contributed by atoms with Crippen molar-refractivity contribution < 1.29 is 133 Å². The predicted octanol–water partition coefficient (Wildman–Crippen LogP) is 10.3. The summed E-state index contributed by atoms with van der Waals surface area (Å²) in [6.45, 7) is 13.2. The molecule has 4 aromatic rings. The van der Waals surface area contributed by atoms with Crippen molar-refractivity contribution in [1.29, 1.82) is 0 Å². The Labute approximate surface area is 606 Å². The Kier molecular flexibility index (Phi) is 32.7. The Bertz CT molecular complexity index is 3310. The van der Waals surface area contributed by atoms with Crippen LogP contribution in [0.1, 0.15) is 203 Å². The van der Waals surface area contributed by atoms with Gasteiger partial charge in [-0.05, 0) is 37.1 Å². The highest BCUT2D eigenvalue weighted by atomic mass is 16.7. The van der Waals surface area contributed by atoms with Crippen molar-refractivity contribution in [3.05, 3.63) is 93.0 Å². The molecule has 0 aromatic heterocycles. The number of carbonyl (C=O) groups is 10. The van der Waals surface area contributed by atoms with Crippen molar-refractivity contribution in [2.24, 2.45) is 0 Å². The second kappa shape index (κ2) is 40.1. The molecular formula is C76H100O28. The lowest BCUT2D eigenvalue weighted by Gasteiger charge is -2.40. The van der Waals surface area contributed by atoms with Crippen LogP contribution in [0.3, 0.4) is 0 Å². The minimum absolute atomic E-state index is 0.0647. The summed E-state index contributed by atoms with van der Waals surface area (Å²) in [7, 11) is 11.3. The molecule has 0 radical (unpaired) electrons. The predicted molar refractivity (Wildman–Crippen MR) is 372 cm³/mol. The monoisotopic (exact) mass is 1460 g/mol. The van der Waals surface area contributed by atoms with Gasteiger partial charge in [0.1, 0.15) is 59.2 Å². The molecule has 0 heterocycles.